The van der Waals surface area contributed by atoms with Crippen molar-refractivity contribution in [2.45, 2.75) is 18.9 Å². The van der Waals surface area contributed by atoms with Crippen molar-refractivity contribution in [3.05, 3.63) is 42.4 Å². The highest BCUT2D eigenvalue weighted by Gasteiger charge is 2.19. The number of anilines is 2. The quantitative estimate of drug-likeness (QED) is 0.562. The molecule has 0 aliphatic carbocycles. The lowest BCUT2D eigenvalue weighted by molar-refractivity contribution is 0.277. The van der Waals surface area contributed by atoms with Crippen LogP contribution >= 0.6 is 0 Å². The fourth-order valence-electron chi connectivity index (χ4n) is 3.25. The van der Waals surface area contributed by atoms with Gasteiger partial charge < -0.3 is 20.1 Å². The van der Waals surface area contributed by atoms with E-state index in [4.69, 9.17) is 14.7 Å². The van der Waals surface area contributed by atoms with Gasteiger partial charge in [0.1, 0.15) is 30.0 Å². The molecule has 4 rings (SSSR count). The van der Waals surface area contributed by atoms with Crippen LogP contribution in [0, 0.1) is 11.3 Å². The zero-order valence-corrected chi connectivity index (χ0v) is 16.0. The van der Waals surface area contributed by atoms with E-state index in [0.717, 1.165) is 30.0 Å². The highest BCUT2D eigenvalue weighted by atomic mass is 16.5. The van der Waals surface area contributed by atoms with Crippen molar-refractivity contribution in [3.8, 4) is 28.8 Å². The first-order chi connectivity index (χ1) is 14.3. The van der Waals surface area contributed by atoms with E-state index in [2.05, 4.69) is 30.8 Å². The van der Waals surface area contributed by atoms with E-state index < -0.39 is 0 Å². The van der Waals surface area contributed by atoms with Gasteiger partial charge in [-0.1, -0.05) is 6.07 Å². The molecule has 0 amide bonds. The van der Waals surface area contributed by atoms with E-state index in [1.807, 2.05) is 30.3 Å². The molecule has 3 aromatic rings. The van der Waals surface area contributed by atoms with E-state index in [9.17, 15) is 0 Å². The topological polar surface area (TPSA) is 121 Å². The van der Waals surface area contributed by atoms with Crippen LogP contribution in [0.15, 0.2) is 36.7 Å². The number of hydrogen-bond donors (Lipinski definition) is 3. The Labute approximate surface area is 168 Å². The minimum absolute atomic E-state index is 0.255. The van der Waals surface area contributed by atoms with E-state index in [1.165, 1.54) is 18.8 Å². The second-order valence-electron chi connectivity index (χ2n) is 6.63. The van der Waals surface area contributed by atoms with Crippen LogP contribution in [0.2, 0.25) is 0 Å². The number of nitriles is 1. The first kappa shape index (κ1) is 18.7. The van der Waals surface area contributed by atoms with Gasteiger partial charge in [-0.25, -0.2) is 9.97 Å². The predicted molar refractivity (Wildman–Crippen MR) is 107 cm³/mol. The number of aromatic amines is 1. The molecule has 1 saturated heterocycles. The minimum atomic E-state index is 0.255. The molecule has 1 fully saturated rings. The van der Waals surface area contributed by atoms with E-state index in [1.54, 1.807) is 7.11 Å². The number of H-pyrrole nitrogens is 1. The number of rotatable bonds is 7. The third-order valence-corrected chi connectivity index (χ3v) is 4.68. The molecule has 3 heterocycles. The van der Waals surface area contributed by atoms with Crippen molar-refractivity contribution in [3.63, 3.8) is 0 Å². The SMILES string of the molecule is COc1cccc(OC[C@H]2CCCN2)c1-c1cc(Nc2cnc(C#N)cn2)n[nH]1. The second kappa shape index (κ2) is 8.58. The van der Waals surface area contributed by atoms with Crippen LogP contribution in [0.1, 0.15) is 18.5 Å². The Morgan fingerprint density at radius 1 is 1.24 bits per heavy atom. The molecule has 1 aliphatic rings. The maximum Gasteiger partial charge on any atom is 0.158 e. The highest BCUT2D eigenvalue weighted by molar-refractivity contribution is 5.76. The van der Waals surface area contributed by atoms with Crippen molar-refractivity contribution >= 4 is 11.6 Å². The molecule has 1 aromatic carbocycles. The maximum atomic E-state index is 8.82. The Morgan fingerprint density at radius 3 is 2.86 bits per heavy atom. The standard InChI is InChI=1S/C20H21N7O2/c1-28-16-5-2-6-17(29-12-13-4-3-7-22-13)20(16)15-8-18(27-26-15)25-19-11-23-14(9-21)10-24-19/h2,5-6,8,10-11,13,22H,3-4,7,12H2,1H3,(H2,24,25,26,27)/t13-/m1/s1. The number of hydrogen-bond acceptors (Lipinski definition) is 8. The van der Waals surface area contributed by atoms with Crippen LogP contribution < -0.4 is 20.1 Å². The number of aromatic nitrogens is 4. The summed E-state index contributed by atoms with van der Waals surface area (Å²) in [6.45, 7) is 1.63. The van der Waals surface area contributed by atoms with Gasteiger partial charge in [-0.3, -0.25) is 5.10 Å². The Balaban J connectivity index is 1.56. The zero-order valence-electron chi connectivity index (χ0n) is 16.0. The Kier molecular flexibility index (Phi) is 5.54. The van der Waals surface area contributed by atoms with Gasteiger partial charge in [-0.15, -0.1) is 0 Å². The van der Waals surface area contributed by atoms with E-state index in [0.29, 0.717) is 30.0 Å². The van der Waals surface area contributed by atoms with Crippen LogP contribution in [0.5, 0.6) is 11.5 Å². The summed E-state index contributed by atoms with van der Waals surface area (Å²) < 4.78 is 11.7. The fourth-order valence-corrected chi connectivity index (χ4v) is 3.25. The van der Waals surface area contributed by atoms with Gasteiger partial charge in [0.25, 0.3) is 0 Å². The van der Waals surface area contributed by atoms with Gasteiger partial charge in [-0.05, 0) is 31.5 Å². The summed E-state index contributed by atoms with van der Waals surface area (Å²) in [6.07, 6.45) is 5.17. The monoisotopic (exact) mass is 391 g/mol. The molecule has 148 valence electrons. The molecule has 2 aromatic heterocycles. The third-order valence-electron chi connectivity index (χ3n) is 4.68. The van der Waals surface area contributed by atoms with Crippen LogP contribution in [-0.4, -0.2) is 46.5 Å². The Bertz CT molecular complexity index is 1000. The molecule has 0 unspecified atom stereocenters. The molecule has 0 saturated carbocycles. The van der Waals surface area contributed by atoms with E-state index in [-0.39, 0.29) is 5.69 Å². The summed E-state index contributed by atoms with van der Waals surface area (Å²) >= 11 is 0. The summed E-state index contributed by atoms with van der Waals surface area (Å²) in [5.41, 5.74) is 1.81. The van der Waals surface area contributed by atoms with Gasteiger partial charge in [0.2, 0.25) is 0 Å². The Hall–Kier alpha value is -3.64. The number of nitrogens with one attached hydrogen (secondary N) is 3. The van der Waals surface area contributed by atoms with Crippen LogP contribution in [0.25, 0.3) is 11.3 Å². The van der Waals surface area contributed by atoms with Crippen molar-refractivity contribution in [1.29, 1.82) is 5.26 Å². The summed E-state index contributed by atoms with van der Waals surface area (Å²) in [4.78, 5) is 8.14. The largest absolute Gasteiger partial charge is 0.496 e. The summed E-state index contributed by atoms with van der Waals surface area (Å²) in [6, 6.07) is 9.86. The zero-order chi connectivity index (χ0) is 20.1. The molecular weight excluding hydrogens is 370 g/mol. The molecule has 0 radical (unpaired) electrons. The van der Waals surface area contributed by atoms with Crippen molar-refractivity contribution in [2.75, 3.05) is 25.6 Å². The fraction of sp³-hybridized carbons (Fsp3) is 0.300. The van der Waals surface area contributed by atoms with Gasteiger partial charge >= 0.3 is 0 Å². The second-order valence-corrected chi connectivity index (χ2v) is 6.63. The average Bonchev–Trinajstić information content (AvgIpc) is 3.44. The lowest BCUT2D eigenvalue weighted by Crippen LogP contribution is -2.28. The molecular formula is C20H21N7O2. The molecule has 1 aliphatic heterocycles. The number of benzene rings is 1. The molecule has 0 bridgehead atoms. The summed E-state index contributed by atoms with van der Waals surface area (Å²) in [5, 5.41) is 22.6. The number of ether oxygens (including phenoxy) is 2. The normalized spacial score (nSPS) is 15.7. The minimum Gasteiger partial charge on any atom is -0.496 e. The van der Waals surface area contributed by atoms with Gasteiger partial charge in [0, 0.05) is 12.1 Å². The predicted octanol–water partition coefficient (Wildman–Crippen LogP) is 2.62. The van der Waals surface area contributed by atoms with Crippen LogP contribution in [0.3, 0.4) is 0 Å². The van der Waals surface area contributed by atoms with Gasteiger partial charge in [-0.2, -0.15) is 10.4 Å². The van der Waals surface area contributed by atoms with Crippen molar-refractivity contribution < 1.29 is 9.47 Å². The first-order valence-corrected chi connectivity index (χ1v) is 9.35. The average molecular weight is 391 g/mol. The number of nitrogens with zero attached hydrogens (tertiary/aromatic N) is 4. The number of methoxy groups -OCH3 is 1. The third kappa shape index (κ3) is 4.28. The van der Waals surface area contributed by atoms with Crippen LogP contribution in [0.4, 0.5) is 11.6 Å². The highest BCUT2D eigenvalue weighted by Crippen LogP contribution is 2.38. The Morgan fingerprint density at radius 2 is 2.14 bits per heavy atom. The maximum absolute atomic E-state index is 8.82. The van der Waals surface area contributed by atoms with Crippen molar-refractivity contribution in [2.24, 2.45) is 0 Å². The lowest BCUT2D eigenvalue weighted by Gasteiger charge is -2.16. The molecule has 9 nitrogen and oxygen atoms in total. The molecule has 3 N–H and O–H groups in total. The van der Waals surface area contributed by atoms with Crippen molar-refractivity contribution in [1.82, 2.24) is 25.5 Å². The first-order valence-electron chi connectivity index (χ1n) is 9.35. The molecule has 29 heavy (non-hydrogen) atoms. The van der Waals surface area contributed by atoms with E-state index >= 15 is 0 Å². The van der Waals surface area contributed by atoms with Gasteiger partial charge in [0.05, 0.1) is 30.8 Å². The summed E-state index contributed by atoms with van der Waals surface area (Å²) in [7, 11) is 1.63. The van der Waals surface area contributed by atoms with Gasteiger partial charge in [0.15, 0.2) is 11.5 Å². The van der Waals surface area contributed by atoms with Crippen LogP contribution in [-0.2, 0) is 0 Å². The molecule has 9 heteroatoms. The molecule has 1 atom stereocenters. The summed E-state index contributed by atoms with van der Waals surface area (Å²) in [5.74, 6) is 2.47. The lowest BCUT2D eigenvalue weighted by atomic mass is 10.1. The molecule has 0 spiro atoms. The smallest absolute Gasteiger partial charge is 0.158 e.